The molecule has 1 aliphatic carbocycles. The van der Waals surface area contributed by atoms with Crippen LogP contribution in [-0.4, -0.2) is 30.3 Å². The summed E-state index contributed by atoms with van der Waals surface area (Å²) in [5.74, 6) is -0.344. The van der Waals surface area contributed by atoms with Gasteiger partial charge in [0, 0.05) is 18.1 Å². The monoisotopic (exact) mass is 402 g/mol. The summed E-state index contributed by atoms with van der Waals surface area (Å²) in [4.78, 5) is 17.3. The maximum absolute atomic E-state index is 13.5. The molecule has 0 aliphatic heterocycles. The van der Waals surface area contributed by atoms with Gasteiger partial charge in [0.05, 0.1) is 17.9 Å². The molecule has 0 spiro atoms. The van der Waals surface area contributed by atoms with Crippen LogP contribution in [0, 0.1) is 0 Å². The van der Waals surface area contributed by atoms with Crippen molar-refractivity contribution in [2.75, 3.05) is 5.32 Å². The van der Waals surface area contributed by atoms with Gasteiger partial charge in [-0.15, -0.1) is 0 Å². The molecule has 3 heterocycles. The van der Waals surface area contributed by atoms with Gasteiger partial charge < -0.3 is 5.32 Å². The van der Waals surface area contributed by atoms with Crippen LogP contribution < -0.4 is 5.32 Å². The predicted molar refractivity (Wildman–Crippen MR) is 104 cm³/mol. The summed E-state index contributed by atoms with van der Waals surface area (Å²) in [7, 11) is 0. The summed E-state index contributed by atoms with van der Waals surface area (Å²) in [5.41, 5.74) is 1.08. The lowest BCUT2D eigenvalue weighted by Gasteiger charge is -2.21. The fourth-order valence-corrected chi connectivity index (χ4v) is 3.75. The molecule has 3 aromatic heterocycles. The normalized spacial score (nSPS) is 15.5. The number of fused-ring (bicyclic) bond motifs is 1. The smallest absolute Gasteiger partial charge is 0.284 e. The van der Waals surface area contributed by atoms with E-state index in [0.29, 0.717) is 5.65 Å². The topological polar surface area (TPSA) is 77.1 Å². The van der Waals surface area contributed by atoms with Crippen molar-refractivity contribution < 1.29 is 13.6 Å². The summed E-state index contributed by atoms with van der Waals surface area (Å²) in [6, 6.07) is 1.94. The van der Waals surface area contributed by atoms with E-state index in [1.54, 1.807) is 10.9 Å². The quantitative estimate of drug-likeness (QED) is 0.668. The van der Waals surface area contributed by atoms with Gasteiger partial charge in [0.15, 0.2) is 11.3 Å². The third kappa shape index (κ3) is 3.86. The van der Waals surface area contributed by atoms with Gasteiger partial charge in [-0.2, -0.15) is 10.2 Å². The molecule has 1 N–H and O–H groups in total. The molecule has 4 rings (SSSR count). The van der Waals surface area contributed by atoms with Crippen LogP contribution in [0.25, 0.3) is 5.65 Å². The zero-order chi connectivity index (χ0) is 20.5. The summed E-state index contributed by atoms with van der Waals surface area (Å²) in [5, 5.41) is 10.8. The van der Waals surface area contributed by atoms with Crippen molar-refractivity contribution in [3.63, 3.8) is 0 Å². The first-order valence-corrected chi connectivity index (χ1v) is 9.97. The maximum Gasteiger partial charge on any atom is 0.284 e. The molecule has 7 nitrogen and oxygen atoms in total. The van der Waals surface area contributed by atoms with Crippen molar-refractivity contribution in [1.29, 1.82) is 0 Å². The van der Waals surface area contributed by atoms with Gasteiger partial charge in [-0.05, 0) is 24.8 Å². The zero-order valence-corrected chi connectivity index (χ0v) is 16.5. The van der Waals surface area contributed by atoms with Crippen LogP contribution in [-0.2, 0) is 0 Å². The molecule has 1 aliphatic rings. The van der Waals surface area contributed by atoms with Crippen molar-refractivity contribution in [2.24, 2.45) is 0 Å². The van der Waals surface area contributed by atoms with Crippen LogP contribution in [0.5, 0.6) is 0 Å². The fourth-order valence-electron chi connectivity index (χ4n) is 3.75. The summed E-state index contributed by atoms with van der Waals surface area (Å²) < 4.78 is 30.2. The third-order valence-corrected chi connectivity index (χ3v) is 5.39. The lowest BCUT2D eigenvalue weighted by atomic mass is 9.96. The molecule has 0 bridgehead atoms. The Hall–Kier alpha value is -2.84. The molecule has 0 unspecified atom stereocenters. The molecule has 0 atom stereocenters. The van der Waals surface area contributed by atoms with Gasteiger partial charge in [0.2, 0.25) is 0 Å². The summed E-state index contributed by atoms with van der Waals surface area (Å²) >= 11 is 0. The summed E-state index contributed by atoms with van der Waals surface area (Å²) in [6.45, 7) is 4.01. The molecule has 29 heavy (non-hydrogen) atoms. The molecule has 1 amide bonds. The number of anilines is 1. The number of rotatable bonds is 5. The first-order valence-electron chi connectivity index (χ1n) is 9.97. The van der Waals surface area contributed by atoms with E-state index in [0.717, 1.165) is 37.8 Å². The Kier molecular flexibility index (Phi) is 5.29. The number of halogens is 2. The number of carbonyl (C=O) groups is 1. The van der Waals surface area contributed by atoms with Crippen molar-refractivity contribution in [1.82, 2.24) is 24.4 Å². The van der Waals surface area contributed by atoms with Gasteiger partial charge >= 0.3 is 0 Å². The van der Waals surface area contributed by atoms with Crippen molar-refractivity contribution >= 4 is 17.2 Å². The van der Waals surface area contributed by atoms with E-state index in [1.807, 2.05) is 19.9 Å². The molecule has 0 aromatic carbocycles. The Morgan fingerprint density at radius 1 is 1.24 bits per heavy atom. The number of aromatic nitrogens is 5. The standard InChI is InChI=1S/C20H24F2N6O/c1-12(2)15-8-9-27-19(24-15)14(10-23-27)20(29)25-16-11-28(26-17(16)18(21)22)13-6-4-3-5-7-13/h8-13,18H,3-7H2,1-2H3,(H,25,29). The number of carbonyl (C=O) groups excluding carboxylic acids is 1. The lowest BCUT2D eigenvalue weighted by Crippen LogP contribution is -2.14. The maximum atomic E-state index is 13.5. The largest absolute Gasteiger partial charge is 0.319 e. The second kappa shape index (κ2) is 7.88. The van der Waals surface area contributed by atoms with Crippen LogP contribution in [0.15, 0.2) is 24.7 Å². The molecule has 1 fully saturated rings. The molecular formula is C20H24F2N6O. The van der Waals surface area contributed by atoms with E-state index in [1.165, 1.54) is 16.9 Å². The van der Waals surface area contributed by atoms with Crippen LogP contribution in [0.3, 0.4) is 0 Å². The highest BCUT2D eigenvalue weighted by Gasteiger charge is 2.25. The Labute approximate surface area is 167 Å². The van der Waals surface area contributed by atoms with Crippen LogP contribution in [0.1, 0.15) is 86.1 Å². The number of hydrogen-bond acceptors (Lipinski definition) is 4. The van der Waals surface area contributed by atoms with E-state index in [9.17, 15) is 13.6 Å². The van der Waals surface area contributed by atoms with Gasteiger partial charge in [-0.25, -0.2) is 18.3 Å². The van der Waals surface area contributed by atoms with Crippen molar-refractivity contribution in [3.8, 4) is 0 Å². The van der Waals surface area contributed by atoms with Crippen molar-refractivity contribution in [3.05, 3.63) is 41.6 Å². The highest BCUT2D eigenvalue weighted by atomic mass is 19.3. The van der Waals surface area contributed by atoms with E-state index in [2.05, 4.69) is 20.5 Å². The molecule has 0 radical (unpaired) electrons. The minimum atomic E-state index is -2.77. The number of amides is 1. The molecular weight excluding hydrogens is 378 g/mol. The Balaban J connectivity index is 1.63. The van der Waals surface area contributed by atoms with E-state index < -0.39 is 18.0 Å². The number of nitrogens with one attached hydrogen (secondary N) is 1. The molecule has 1 saturated carbocycles. The minimum Gasteiger partial charge on any atom is -0.319 e. The molecule has 154 valence electrons. The average Bonchev–Trinajstić information content (AvgIpc) is 3.32. The first-order chi connectivity index (χ1) is 13.9. The zero-order valence-electron chi connectivity index (χ0n) is 16.5. The third-order valence-electron chi connectivity index (χ3n) is 5.39. The highest BCUT2D eigenvalue weighted by Crippen LogP contribution is 2.32. The molecule has 0 saturated heterocycles. The van der Waals surface area contributed by atoms with E-state index in [-0.39, 0.29) is 23.2 Å². The van der Waals surface area contributed by atoms with E-state index >= 15 is 0 Å². The SMILES string of the molecule is CC(C)c1ccn2ncc(C(=O)Nc3cn(C4CCCCC4)nc3C(F)F)c2n1. The second-order valence-corrected chi connectivity index (χ2v) is 7.79. The Bertz CT molecular complexity index is 1020. The average molecular weight is 402 g/mol. The van der Waals surface area contributed by atoms with Crippen LogP contribution in [0.2, 0.25) is 0 Å². The molecule has 3 aromatic rings. The van der Waals surface area contributed by atoms with Gasteiger partial charge in [-0.1, -0.05) is 33.1 Å². The second-order valence-electron chi connectivity index (χ2n) is 7.79. The molecule has 9 heteroatoms. The number of hydrogen-bond donors (Lipinski definition) is 1. The van der Waals surface area contributed by atoms with Crippen LogP contribution >= 0.6 is 0 Å². The first kappa shape index (κ1) is 19.5. The van der Waals surface area contributed by atoms with Gasteiger partial charge in [0.1, 0.15) is 5.56 Å². The lowest BCUT2D eigenvalue weighted by molar-refractivity contribution is 0.102. The fraction of sp³-hybridized carbons (Fsp3) is 0.500. The Morgan fingerprint density at radius 2 is 2.00 bits per heavy atom. The minimum absolute atomic E-state index is 0.0370. The Morgan fingerprint density at radius 3 is 2.69 bits per heavy atom. The van der Waals surface area contributed by atoms with Gasteiger partial charge in [0.25, 0.3) is 12.3 Å². The number of nitrogens with zero attached hydrogens (tertiary/aromatic N) is 5. The predicted octanol–water partition coefficient (Wildman–Crippen LogP) is 4.74. The van der Waals surface area contributed by atoms with Crippen molar-refractivity contribution in [2.45, 2.75) is 64.3 Å². The van der Waals surface area contributed by atoms with E-state index in [4.69, 9.17) is 0 Å². The summed E-state index contributed by atoms with van der Waals surface area (Å²) in [6.07, 6.45) is 6.98. The van der Waals surface area contributed by atoms with Gasteiger partial charge in [-0.3, -0.25) is 9.48 Å². The number of alkyl halides is 2. The highest BCUT2D eigenvalue weighted by molar-refractivity contribution is 6.08. The van der Waals surface area contributed by atoms with Crippen LogP contribution in [0.4, 0.5) is 14.5 Å².